The lowest BCUT2D eigenvalue weighted by molar-refractivity contribution is 0.598. The van der Waals surface area contributed by atoms with Gasteiger partial charge in [0.1, 0.15) is 17.2 Å². The number of aromatic nitrogens is 2. The molecule has 134 valence electrons. The number of benzene rings is 2. The van der Waals surface area contributed by atoms with Gasteiger partial charge < -0.3 is 9.73 Å². The van der Waals surface area contributed by atoms with Crippen LogP contribution in [0.1, 0.15) is 35.8 Å². The van der Waals surface area contributed by atoms with Crippen LogP contribution in [0.25, 0.3) is 22.2 Å². The van der Waals surface area contributed by atoms with Crippen molar-refractivity contribution in [3.8, 4) is 11.3 Å². The molecule has 0 aliphatic heterocycles. The second kappa shape index (κ2) is 6.54. The lowest BCUT2D eigenvalue weighted by Crippen LogP contribution is -2.18. The molecule has 0 fully saturated rings. The predicted molar refractivity (Wildman–Crippen MR) is 108 cm³/mol. The molecule has 0 amide bonds. The van der Waals surface area contributed by atoms with Gasteiger partial charge in [-0.25, -0.2) is 9.97 Å². The van der Waals surface area contributed by atoms with Crippen LogP contribution in [0.3, 0.4) is 0 Å². The number of anilines is 1. The normalized spacial score (nSPS) is 16.3. The van der Waals surface area contributed by atoms with E-state index < -0.39 is 0 Å². The minimum absolute atomic E-state index is 0.299. The maximum absolute atomic E-state index is 5.44. The first-order chi connectivity index (χ1) is 13.3. The summed E-state index contributed by atoms with van der Waals surface area (Å²) in [6.45, 7) is 1.94. The molecule has 4 aromatic rings. The SMILES string of the molecule is Cc1nc(NC2CCCc3ccccc32)cc(-c2ccc3occc3c2)n1. The quantitative estimate of drug-likeness (QED) is 0.513. The first-order valence-corrected chi connectivity index (χ1v) is 9.44. The summed E-state index contributed by atoms with van der Waals surface area (Å²) in [6, 6.07) is 19.2. The molecule has 1 aliphatic rings. The Labute approximate surface area is 158 Å². The van der Waals surface area contributed by atoms with Crippen LogP contribution >= 0.6 is 0 Å². The van der Waals surface area contributed by atoms with Crippen LogP contribution in [0.15, 0.2) is 65.3 Å². The molecular formula is C23H21N3O. The van der Waals surface area contributed by atoms with E-state index in [9.17, 15) is 0 Å². The largest absolute Gasteiger partial charge is 0.464 e. The van der Waals surface area contributed by atoms with E-state index in [2.05, 4.69) is 45.6 Å². The number of fused-ring (bicyclic) bond motifs is 2. The predicted octanol–water partition coefficient (Wildman–Crippen LogP) is 5.69. The molecule has 2 aromatic heterocycles. The summed E-state index contributed by atoms with van der Waals surface area (Å²) in [7, 11) is 0. The second-order valence-corrected chi connectivity index (χ2v) is 7.15. The van der Waals surface area contributed by atoms with E-state index in [0.717, 1.165) is 46.7 Å². The number of aryl methyl sites for hydroxylation is 2. The van der Waals surface area contributed by atoms with Crippen LogP contribution in [0, 0.1) is 6.92 Å². The molecule has 0 spiro atoms. The summed E-state index contributed by atoms with van der Waals surface area (Å²) in [5, 5.41) is 4.73. The van der Waals surface area contributed by atoms with E-state index >= 15 is 0 Å². The number of hydrogen-bond acceptors (Lipinski definition) is 4. The number of furan rings is 1. The van der Waals surface area contributed by atoms with Crippen molar-refractivity contribution in [2.45, 2.75) is 32.2 Å². The average molecular weight is 355 g/mol. The molecule has 4 nitrogen and oxygen atoms in total. The summed E-state index contributed by atoms with van der Waals surface area (Å²) >= 11 is 0. The smallest absolute Gasteiger partial charge is 0.133 e. The topological polar surface area (TPSA) is 51.0 Å². The zero-order valence-electron chi connectivity index (χ0n) is 15.3. The Morgan fingerprint density at radius 3 is 2.93 bits per heavy atom. The van der Waals surface area contributed by atoms with Gasteiger partial charge in [0.25, 0.3) is 0 Å². The first-order valence-electron chi connectivity index (χ1n) is 9.44. The minimum atomic E-state index is 0.299. The third-order valence-corrected chi connectivity index (χ3v) is 5.28. The molecule has 2 heterocycles. The highest BCUT2D eigenvalue weighted by Crippen LogP contribution is 2.33. The molecule has 0 saturated heterocycles. The first kappa shape index (κ1) is 16.1. The molecule has 0 saturated carbocycles. The standard InChI is InChI=1S/C23H21N3O/c1-15-24-21(17-9-10-22-18(13-17)11-12-27-22)14-23(25-15)26-20-8-4-6-16-5-2-3-7-19(16)20/h2-3,5,7,9-14,20H,4,6,8H2,1H3,(H,24,25,26). The van der Waals surface area contributed by atoms with Gasteiger partial charge >= 0.3 is 0 Å². The monoisotopic (exact) mass is 355 g/mol. The highest BCUT2D eigenvalue weighted by molar-refractivity contribution is 5.83. The van der Waals surface area contributed by atoms with Crippen molar-refractivity contribution >= 4 is 16.8 Å². The van der Waals surface area contributed by atoms with E-state index in [4.69, 9.17) is 4.42 Å². The van der Waals surface area contributed by atoms with Gasteiger partial charge in [0.05, 0.1) is 18.0 Å². The summed E-state index contributed by atoms with van der Waals surface area (Å²) in [6.07, 6.45) is 5.19. The third-order valence-electron chi connectivity index (χ3n) is 5.28. The van der Waals surface area contributed by atoms with Crippen molar-refractivity contribution in [2.75, 3.05) is 5.32 Å². The molecule has 0 bridgehead atoms. The van der Waals surface area contributed by atoms with Crippen LogP contribution in [0.2, 0.25) is 0 Å². The highest BCUT2D eigenvalue weighted by Gasteiger charge is 2.20. The molecule has 27 heavy (non-hydrogen) atoms. The van der Waals surface area contributed by atoms with E-state index in [1.54, 1.807) is 6.26 Å². The number of hydrogen-bond donors (Lipinski definition) is 1. The van der Waals surface area contributed by atoms with Gasteiger partial charge in [-0.1, -0.05) is 24.3 Å². The van der Waals surface area contributed by atoms with E-state index in [1.807, 2.05) is 31.2 Å². The Bertz CT molecular complexity index is 1120. The van der Waals surface area contributed by atoms with Crippen molar-refractivity contribution < 1.29 is 4.42 Å². The highest BCUT2D eigenvalue weighted by atomic mass is 16.3. The fraction of sp³-hybridized carbons (Fsp3) is 0.217. The van der Waals surface area contributed by atoms with Crippen LogP contribution in [0.5, 0.6) is 0 Å². The molecule has 4 heteroatoms. The van der Waals surface area contributed by atoms with Crippen LogP contribution < -0.4 is 5.32 Å². The zero-order chi connectivity index (χ0) is 18.2. The molecule has 1 unspecified atom stereocenters. The van der Waals surface area contributed by atoms with Crippen molar-refractivity contribution in [3.05, 3.63) is 77.8 Å². The van der Waals surface area contributed by atoms with Gasteiger partial charge in [-0.2, -0.15) is 0 Å². The molecule has 1 aliphatic carbocycles. The Balaban J connectivity index is 1.49. The van der Waals surface area contributed by atoms with E-state index in [-0.39, 0.29) is 0 Å². The fourth-order valence-electron chi connectivity index (χ4n) is 4.00. The second-order valence-electron chi connectivity index (χ2n) is 7.15. The summed E-state index contributed by atoms with van der Waals surface area (Å²) in [5.74, 6) is 1.65. The van der Waals surface area contributed by atoms with Crippen molar-refractivity contribution in [1.29, 1.82) is 0 Å². The Kier molecular flexibility index (Phi) is 3.89. The van der Waals surface area contributed by atoms with Crippen molar-refractivity contribution in [3.63, 3.8) is 0 Å². The Morgan fingerprint density at radius 2 is 1.96 bits per heavy atom. The summed E-state index contributed by atoms with van der Waals surface area (Å²) < 4.78 is 5.44. The van der Waals surface area contributed by atoms with Gasteiger partial charge in [0.15, 0.2) is 0 Å². The molecule has 2 aromatic carbocycles. The third kappa shape index (κ3) is 3.08. The fourth-order valence-corrected chi connectivity index (χ4v) is 4.00. The maximum Gasteiger partial charge on any atom is 0.133 e. The zero-order valence-corrected chi connectivity index (χ0v) is 15.3. The molecule has 1 atom stereocenters. The maximum atomic E-state index is 5.44. The van der Waals surface area contributed by atoms with Gasteiger partial charge in [-0.05, 0) is 61.6 Å². The molecule has 1 N–H and O–H groups in total. The van der Waals surface area contributed by atoms with Crippen LogP contribution in [-0.4, -0.2) is 9.97 Å². The van der Waals surface area contributed by atoms with E-state index in [1.165, 1.54) is 17.5 Å². The van der Waals surface area contributed by atoms with Crippen LogP contribution in [-0.2, 0) is 6.42 Å². The molecular weight excluding hydrogens is 334 g/mol. The minimum Gasteiger partial charge on any atom is -0.464 e. The lowest BCUT2D eigenvalue weighted by Gasteiger charge is -2.27. The van der Waals surface area contributed by atoms with Crippen molar-refractivity contribution in [2.24, 2.45) is 0 Å². The van der Waals surface area contributed by atoms with Gasteiger partial charge in [0.2, 0.25) is 0 Å². The Hall–Kier alpha value is -3.14. The summed E-state index contributed by atoms with van der Waals surface area (Å²) in [4.78, 5) is 9.29. The van der Waals surface area contributed by atoms with Gasteiger partial charge in [0, 0.05) is 17.0 Å². The average Bonchev–Trinajstić information content (AvgIpc) is 3.16. The lowest BCUT2D eigenvalue weighted by atomic mass is 9.88. The van der Waals surface area contributed by atoms with E-state index in [0.29, 0.717) is 6.04 Å². The van der Waals surface area contributed by atoms with Gasteiger partial charge in [-0.3, -0.25) is 0 Å². The number of nitrogens with one attached hydrogen (secondary N) is 1. The van der Waals surface area contributed by atoms with Gasteiger partial charge in [-0.15, -0.1) is 0 Å². The van der Waals surface area contributed by atoms with Crippen molar-refractivity contribution in [1.82, 2.24) is 9.97 Å². The molecule has 0 radical (unpaired) electrons. The Morgan fingerprint density at radius 1 is 1.04 bits per heavy atom. The van der Waals surface area contributed by atoms with Crippen LogP contribution in [0.4, 0.5) is 5.82 Å². The molecule has 5 rings (SSSR count). The number of nitrogens with zero attached hydrogens (tertiary/aromatic N) is 2. The number of rotatable bonds is 3. The summed E-state index contributed by atoms with van der Waals surface area (Å²) in [5.41, 5.74) is 5.72.